The number of para-hydroxylation sites is 1. The monoisotopic (exact) mass is 370 g/mol. The lowest BCUT2D eigenvalue weighted by atomic mass is 10.1. The maximum absolute atomic E-state index is 12.3. The Labute approximate surface area is 154 Å². The van der Waals surface area contributed by atoms with Gasteiger partial charge >= 0.3 is 6.61 Å². The minimum absolute atomic E-state index is 0.0273. The number of rotatable bonds is 7. The second-order valence-electron chi connectivity index (χ2n) is 5.53. The van der Waals surface area contributed by atoms with Gasteiger partial charge in [-0.25, -0.2) is 0 Å². The molecule has 0 unspecified atom stereocenters. The number of nitrogens with one attached hydrogen (secondary N) is 1. The highest BCUT2D eigenvalue weighted by molar-refractivity contribution is 5.95. The summed E-state index contributed by atoms with van der Waals surface area (Å²) in [6.45, 7) is -3.26. The van der Waals surface area contributed by atoms with Gasteiger partial charge in [0, 0.05) is 11.3 Å². The smallest absolute Gasteiger partial charge is 0.387 e. The molecule has 0 atom stereocenters. The molecule has 3 aromatic carbocycles. The predicted octanol–water partition coefficient (Wildman–Crippen LogP) is 4.43. The number of carbonyl (C=O) groups excluding carboxylic acids is 1. The fourth-order valence-electron chi connectivity index (χ4n) is 2.44. The molecule has 3 rings (SSSR count). The minimum atomic E-state index is -2.94. The van der Waals surface area contributed by atoms with Crippen molar-refractivity contribution in [2.24, 2.45) is 5.16 Å². The molecule has 0 aliphatic carbocycles. The molecule has 27 heavy (non-hydrogen) atoms. The Morgan fingerprint density at radius 2 is 1.78 bits per heavy atom. The van der Waals surface area contributed by atoms with Crippen LogP contribution in [0.3, 0.4) is 0 Å². The molecule has 1 N–H and O–H groups in total. The van der Waals surface area contributed by atoms with E-state index in [2.05, 4.69) is 15.2 Å². The van der Waals surface area contributed by atoms with Crippen LogP contribution in [0.5, 0.6) is 5.75 Å². The number of alkyl halides is 2. The number of oxime groups is 1. The molecular formula is C20H16F2N2O3. The third kappa shape index (κ3) is 5.24. The molecule has 3 aromatic rings. The largest absolute Gasteiger partial charge is 0.434 e. The summed E-state index contributed by atoms with van der Waals surface area (Å²) in [5.41, 5.74) is 0.953. The van der Waals surface area contributed by atoms with Crippen molar-refractivity contribution in [3.8, 4) is 5.75 Å². The van der Waals surface area contributed by atoms with Crippen LogP contribution >= 0.6 is 0 Å². The zero-order chi connectivity index (χ0) is 19.1. The van der Waals surface area contributed by atoms with Crippen LogP contribution in [0.25, 0.3) is 10.8 Å². The molecule has 5 nitrogen and oxygen atoms in total. The predicted molar refractivity (Wildman–Crippen MR) is 99.2 cm³/mol. The molecule has 0 saturated heterocycles. The van der Waals surface area contributed by atoms with Gasteiger partial charge in [-0.15, -0.1) is 0 Å². The second kappa shape index (κ2) is 8.75. The van der Waals surface area contributed by atoms with E-state index in [9.17, 15) is 13.6 Å². The number of hydrogen-bond donors (Lipinski definition) is 1. The van der Waals surface area contributed by atoms with Crippen LogP contribution in [0.2, 0.25) is 0 Å². The first kappa shape index (κ1) is 18.3. The van der Waals surface area contributed by atoms with Crippen molar-refractivity contribution in [2.75, 3.05) is 11.9 Å². The van der Waals surface area contributed by atoms with Gasteiger partial charge in [-0.1, -0.05) is 47.6 Å². The lowest BCUT2D eigenvalue weighted by Gasteiger charge is -2.07. The summed E-state index contributed by atoms with van der Waals surface area (Å²) in [6.07, 6.45) is 1.21. The number of anilines is 1. The van der Waals surface area contributed by atoms with Gasteiger partial charge in [0.2, 0.25) is 0 Å². The van der Waals surface area contributed by atoms with Crippen LogP contribution in [0, 0.1) is 0 Å². The van der Waals surface area contributed by atoms with E-state index in [-0.39, 0.29) is 18.3 Å². The van der Waals surface area contributed by atoms with Crippen molar-refractivity contribution < 1.29 is 23.1 Å². The quantitative estimate of drug-likeness (QED) is 0.494. The van der Waals surface area contributed by atoms with Gasteiger partial charge in [-0.2, -0.15) is 8.78 Å². The number of carbonyl (C=O) groups is 1. The number of fused-ring (bicyclic) bond motifs is 1. The van der Waals surface area contributed by atoms with Crippen molar-refractivity contribution in [1.29, 1.82) is 0 Å². The van der Waals surface area contributed by atoms with E-state index >= 15 is 0 Å². The lowest BCUT2D eigenvalue weighted by molar-refractivity contribution is -0.120. The van der Waals surface area contributed by atoms with Gasteiger partial charge in [-0.05, 0) is 35.0 Å². The van der Waals surface area contributed by atoms with Crippen molar-refractivity contribution in [3.63, 3.8) is 0 Å². The van der Waals surface area contributed by atoms with E-state index in [1.54, 1.807) is 24.3 Å². The van der Waals surface area contributed by atoms with Gasteiger partial charge in [0.05, 0.1) is 6.21 Å². The number of hydrogen-bond acceptors (Lipinski definition) is 4. The number of halogens is 2. The lowest BCUT2D eigenvalue weighted by Crippen LogP contribution is -2.16. The number of benzene rings is 3. The Morgan fingerprint density at radius 1 is 1.04 bits per heavy atom. The molecule has 0 heterocycles. The molecule has 0 aromatic heterocycles. The first-order valence-electron chi connectivity index (χ1n) is 8.09. The number of amides is 1. The Balaban J connectivity index is 1.54. The number of ether oxygens (including phenoxy) is 1. The van der Waals surface area contributed by atoms with E-state index < -0.39 is 6.61 Å². The molecule has 0 saturated carbocycles. The zero-order valence-corrected chi connectivity index (χ0v) is 14.1. The van der Waals surface area contributed by atoms with E-state index in [1.807, 2.05) is 36.4 Å². The maximum Gasteiger partial charge on any atom is 0.387 e. The summed E-state index contributed by atoms with van der Waals surface area (Å²) >= 11 is 0. The summed E-state index contributed by atoms with van der Waals surface area (Å²) in [4.78, 5) is 16.9. The molecule has 0 fully saturated rings. The first-order chi connectivity index (χ1) is 13.1. The molecule has 7 heteroatoms. The van der Waals surface area contributed by atoms with Crippen molar-refractivity contribution in [2.45, 2.75) is 6.61 Å². The van der Waals surface area contributed by atoms with Crippen LogP contribution in [0.1, 0.15) is 5.56 Å². The zero-order valence-electron chi connectivity index (χ0n) is 14.1. The highest BCUT2D eigenvalue weighted by Crippen LogP contribution is 2.19. The van der Waals surface area contributed by atoms with Crippen molar-refractivity contribution >= 4 is 28.6 Å². The maximum atomic E-state index is 12.3. The van der Waals surface area contributed by atoms with Crippen molar-refractivity contribution in [1.82, 2.24) is 0 Å². The Hall–Kier alpha value is -3.48. The molecule has 0 spiro atoms. The molecule has 0 aliphatic heterocycles. The highest BCUT2D eigenvalue weighted by atomic mass is 19.3. The Kier molecular flexibility index (Phi) is 5.94. The van der Waals surface area contributed by atoms with E-state index in [0.29, 0.717) is 11.3 Å². The van der Waals surface area contributed by atoms with Crippen LogP contribution in [-0.4, -0.2) is 25.3 Å². The summed E-state index contributed by atoms with van der Waals surface area (Å²) in [5, 5.41) is 8.41. The summed E-state index contributed by atoms with van der Waals surface area (Å²) in [6, 6.07) is 19.5. The minimum Gasteiger partial charge on any atom is -0.434 e. The first-order valence-corrected chi connectivity index (χ1v) is 8.09. The van der Waals surface area contributed by atoms with Gasteiger partial charge in [-0.3, -0.25) is 4.79 Å². The van der Waals surface area contributed by atoms with E-state index in [1.165, 1.54) is 12.3 Å². The Bertz CT molecular complexity index is 961. The van der Waals surface area contributed by atoms with Crippen molar-refractivity contribution in [3.05, 3.63) is 72.3 Å². The van der Waals surface area contributed by atoms with Gasteiger partial charge in [0.1, 0.15) is 5.75 Å². The Morgan fingerprint density at radius 3 is 2.59 bits per heavy atom. The standard InChI is InChI=1S/C20H16F2N2O3/c21-20(22)27-18-8-4-3-7-16(18)12-23-26-13-19(25)24-17-10-9-14-5-1-2-6-15(14)11-17/h1-12,20H,13H2,(H,24,25)/b23-12-. The summed E-state index contributed by atoms with van der Waals surface area (Å²) in [7, 11) is 0. The molecule has 0 aliphatic rings. The average Bonchev–Trinajstić information content (AvgIpc) is 2.66. The summed E-state index contributed by atoms with van der Waals surface area (Å²) in [5.74, 6) is -0.417. The number of nitrogens with zero attached hydrogens (tertiary/aromatic N) is 1. The fraction of sp³-hybridized carbons (Fsp3) is 0.100. The van der Waals surface area contributed by atoms with Crippen LogP contribution in [0.15, 0.2) is 71.9 Å². The van der Waals surface area contributed by atoms with Crippen LogP contribution < -0.4 is 10.1 Å². The van der Waals surface area contributed by atoms with E-state index in [4.69, 9.17) is 4.84 Å². The van der Waals surface area contributed by atoms with Crippen LogP contribution in [-0.2, 0) is 9.63 Å². The molecule has 0 radical (unpaired) electrons. The van der Waals surface area contributed by atoms with Gasteiger partial charge in [0.25, 0.3) is 5.91 Å². The third-order valence-electron chi connectivity index (χ3n) is 3.63. The van der Waals surface area contributed by atoms with Gasteiger partial charge in [0.15, 0.2) is 6.61 Å². The second-order valence-corrected chi connectivity index (χ2v) is 5.53. The van der Waals surface area contributed by atoms with Crippen LogP contribution in [0.4, 0.5) is 14.5 Å². The fourth-order valence-corrected chi connectivity index (χ4v) is 2.44. The highest BCUT2D eigenvalue weighted by Gasteiger charge is 2.08. The SMILES string of the molecule is O=C(CO/N=C\c1ccccc1OC(F)F)Nc1ccc2ccccc2c1. The molecule has 138 valence electrons. The van der Waals surface area contributed by atoms with Gasteiger partial charge < -0.3 is 14.9 Å². The molecule has 1 amide bonds. The van der Waals surface area contributed by atoms with E-state index in [0.717, 1.165) is 10.8 Å². The molecule has 0 bridgehead atoms. The third-order valence-corrected chi connectivity index (χ3v) is 3.63. The average molecular weight is 370 g/mol. The molecular weight excluding hydrogens is 354 g/mol. The normalized spacial score (nSPS) is 11.1. The topological polar surface area (TPSA) is 59.9 Å². The summed E-state index contributed by atoms with van der Waals surface area (Å²) < 4.78 is 29.1.